The summed E-state index contributed by atoms with van der Waals surface area (Å²) in [6.07, 6.45) is 6.67. The molecular formula is C21H28N2O4. The number of hydrogen-bond acceptors (Lipinski definition) is 6. The topological polar surface area (TPSA) is 94.6 Å². The van der Waals surface area contributed by atoms with Crippen LogP contribution in [0.4, 0.5) is 0 Å². The highest BCUT2D eigenvalue weighted by molar-refractivity contribution is 5.81. The average Bonchev–Trinajstić information content (AvgIpc) is 3.20. The van der Waals surface area contributed by atoms with Crippen molar-refractivity contribution in [1.82, 2.24) is 0 Å². The molecule has 2 unspecified atom stereocenters. The number of nitrogens with zero attached hydrogens (tertiary/aromatic N) is 1. The third-order valence-electron chi connectivity index (χ3n) is 5.96. The summed E-state index contributed by atoms with van der Waals surface area (Å²) in [5.74, 6) is 0.849. The van der Waals surface area contributed by atoms with Gasteiger partial charge in [0, 0.05) is 0 Å². The van der Waals surface area contributed by atoms with E-state index in [1.807, 2.05) is 18.2 Å². The third-order valence-corrected chi connectivity index (χ3v) is 5.96. The number of nitriles is 1. The molecule has 0 saturated heterocycles. The largest absolute Gasteiger partial charge is 0.493 e. The van der Waals surface area contributed by atoms with Gasteiger partial charge in [0.05, 0.1) is 31.8 Å². The van der Waals surface area contributed by atoms with Crippen LogP contribution in [0.1, 0.15) is 56.9 Å². The molecule has 0 heterocycles. The number of benzene rings is 1. The Morgan fingerprint density at radius 2 is 1.93 bits per heavy atom. The SMILES string of the molecule is COC(=O)C1(N)CCCC(C#N)(c2ccc(OC)c(OC3CCCC3)c2)C1. The summed E-state index contributed by atoms with van der Waals surface area (Å²) in [5, 5.41) is 10.1. The number of carbonyl (C=O) groups is 1. The molecule has 2 aliphatic rings. The second-order valence-electron chi connectivity index (χ2n) is 7.76. The molecule has 6 heteroatoms. The first-order valence-corrected chi connectivity index (χ1v) is 9.60. The number of esters is 1. The molecule has 2 N–H and O–H groups in total. The van der Waals surface area contributed by atoms with E-state index in [-0.39, 0.29) is 12.5 Å². The maximum Gasteiger partial charge on any atom is 0.325 e. The summed E-state index contributed by atoms with van der Waals surface area (Å²) < 4.78 is 16.5. The Balaban J connectivity index is 1.94. The zero-order valence-electron chi connectivity index (χ0n) is 16.1. The Kier molecular flexibility index (Phi) is 5.61. The molecule has 0 radical (unpaired) electrons. The van der Waals surface area contributed by atoms with Crippen LogP contribution in [0.25, 0.3) is 0 Å². The minimum atomic E-state index is -1.14. The van der Waals surface area contributed by atoms with Gasteiger partial charge in [0.25, 0.3) is 0 Å². The van der Waals surface area contributed by atoms with Crippen molar-refractivity contribution in [3.8, 4) is 17.6 Å². The summed E-state index contributed by atoms with van der Waals surface area (Å²) in [4.78, 5) is 12.2. The molecule has 2 saturated carbocycles. The van der Waals surface area contributed by atoms with Gasteiger partial charge in [-0.25, -0.2) is 0 Å². The number of nitrogens with two attached hydrogens (primary N) is 1. The first kappa shape index (κ1) is 19.5. The van der Waals surface area contributed by atoms with E-state index < -0.39 is 16.9 Å². The van der Waals surface area contributed by atoms with Crippen molar-refractivity contribution in [2.45, 2.75) is 68.4 Å². The molecule has 0 aliphatic heterocycles. The van der Waals surface area contributed by atoms with Crippen LogP contribution in [0, 0.1) is 11.3 Å². The van der Waals surface area contributed by atoms with Gasteiger partial charge in [-0.15, -0.1) is 0 Å². The minimum absolute atomic E-state index is 0.183. The predicted molar refractivity (Wildman–Crippen MR) is 101 cm³/mol. The lowest BCUT2D eigenvalue weighted by Gasteiger charge is -2.41. The number of carbonyl (C=O) groups excluding carboxylic acids is 1. The standard InChI is InChI=1S/C21H28N2O4/c1-25-17-9-8-15(12-18(17)27-16-6-3-4-7-16)20(14-22)10-5-11-21(23,13-20)19(24)26-2/h8-9,12,16H,3-7,10-11,13,23H2,1-2H3. The highest BCUT2D eigenvalue weighted by atomic mass is 16.5. The molecule has 0 amide bonds. The van der Waals surface area contributed by atoms with Gasteiger partial charge in [-0.3, -0.25) is 4.79 Å². The van der Waals surface area contributed by atoms with E-state index in [4.69, 9.17) is 19.9 Å². The van der Waals surface area contributed by atoms with E-state index >= 15 is 0 Å². The van der Waals surface area contributed by atoms with Crippen LogP contribution in [0.5, 0.6) is 11.5 Å². The Labute approximate surface area is 160 Å². The average molecular weight is 372 g/mol. The summed E-state index contributed by atoms with van der Waals surface area (Å²) in [5.41, 5.74) is 5.17. The number of ether oxygens (including phenoxy) is 3. The molecule has 3 rings (SSSR count). The molecule has 6 nitrogen and oxygen atoms in total. The normalized spacial score (nSPS) is 28.4. The second-order valence-corrected chi connectivity index (χ2v) is 7.76. The Morgan fingerprint density at radius 1 is 1.19 bits per heavy atom. The van der Waals surface area contributed by atoms with Crippen LogP contribution >= 0.6 is 0 Å². The highest BCUT2D eigenvalue weighted by Crippen LogP contribution is 2.45. The molecule has 2 atom stereocenters. The molecule has 0 spiro atoms. The smallest absolute Gasteiger partial charge is 0.325 e. The molecule has 1 aromatic carbocycles. The number of methoxy groups -OCH3 is 2. The van der Waals surface area contributed by atoms with Gasteiger partial charge in [0.15, 0.2) is 11.5 Å². The summed E-state index contributed by atoms with van der Waals surface area (Å²) in [6.45, 7) is 0. The van der Waals surface area contributed by atoms with Crippen LogP contribution in [0.3, 0.4) is 0 Å². The fourth-order valence-electron chi connectivity index (χ4n) is 4.46. The van der Waals surface area contributed by atoms with E-state index in [2.05, 4.69) is 6.07 Å². The molecule has 27 heavy (non-hydrogen) atoms. The quantitative estimate of drug-likeness (QED) is 0.798. The zero-order valence-corrected chi connectivity index (χ0v) is 16.1. The fourth-order valence-corrected chi connectivity index (χ4v) is 4.46. The van der Waals surface area contributed by atoms with Gasteiger partial charge in [-0.1, -0.05) is 6.07 Å². The predicted octanol–water partition coefficient (Wildman–Crippen LogP) is 3.22. The molecule has 2 fully saturated rings. The summed E-state index contributed by atoms with van der Waals surface area (Å²) in [6, 6.07) is 8.05. The maximum absolute atomic E-state index is 12.2. The van der Waals surface area contributed by atoms with Crippen molar-refractivity contribution < 1.29 is 19.0 Å². The van der Waals surface area contributed by atoms with Crippen molar-refractivity contribution in [3.63, 3.8) is 0 Å². The first-order chi connectivity index (χ1) is 13.0. The van der Waals surface area contributed by atoms with Gasteiger partial charge in [0.2, 0.25) is 0 Å². The fraction of sp³-hybridized carbons (Fsp3) is 0.619. The highest BCUT2D eigenvalue weighted by Gasteiger charge is 2.49. The van der Waals surface area contributed by atoms with Crippen LogP contribution in [0.2, 0.25) is 0 Å². The first-order valence-electron chi connectivity index (χ1n) is 9.60. The van der Waals surface area contributed by atoms with Crippen molar-refractivity contribution in [1.29, 1.82) is 5.26 Å². The summed E-state index contributed by atoms with van der Waals surface area (Å²) in [7, 11) is 2.94. The monoisotopic (exact) mass is 372 g/mol. The van der Waals surface area contributed by atoms with Gasteiger partial charge >= 0.3 is 5.97 Å². The summed E-state index contributed by atoms with van der Waals surface area (Å²) >= 11 is 0. The third kappa shape index (κ3) is 3.74. The van der Waals surface area contributed by atoms with Gasteiger partial charge in [-0.05, 0) is 69.1 Å². The van der Waals surface area contributed by atoms with Gasteiger partial charge in [0.1, 0.15) is 5.54 Å². The van der Waals surface area contributed by atoms with Crippen molar-refractivity contribution in [3.05, 3.63) is 23.8 Å². The second kappa shape index (κ2) is 7.77. The lowest BCUT2D eigenvalue weighted by atomic mass is 9.64. The molecular weight excluding hydrogens is 344 g/mol. The molecule has 0 aromatic heterocycles. The van der Waals surface area contributed by atoms with Gasteiger partial charge in [-0.2, -0.15) is 5.26 Å². The van der Waals surface area contributed by atoms with Crippen molar-refractivity contribution >= 4 is 5.97 Å². The zero-order chi connectivity index (χ0) is 19.5. The lowest BCUT2D eigenvalue weighted by Crippen LogP contribution is -2.55. The van der Waals surface area contributed by atoms with Crippen LogP contribution in [-0.2, 0) is 14.9 Å². The van der Waals surface area contributed by atoms with Crippen LogP contribution < -0.4 is 15.2 Å². The van der Waals surface area contributed by atoms with E-state index in [0.29, 0.717) is 30.8 Å². The maximum atomic E-state index is 12.2. The van der Waals surface area contributed by atoms with E-state index in [1.165, 1.54) is 20.0 Å². The van der Waals surface area contributed by atoms with Crippen molar-refractivity contribution in [2.24, 2.45) is 5.73 Å². The number of hydrogen-bond donors (Lipinski definition) is 1. The Morgan fingerprint density at radius 3 is 2.56 bits per heavy atom. The van der Waals surface area contributed by atoms with E-state index in [9.17, 15) is 10.1 Å². The molecule has 2 aliphatic carbocycles. The molecule has 1 aromatic rings. The van der Waals surface area contributed by atoms with Crippen molar-refractivity contribution in [2.75, 3.05) is 14.2 Å². The van der Waals surface area contributed by atoms with Gasteiger partial charge < -0.3 is 19.9 Å². The van der Waals surface area contributed by atoms with E-state index in [1.54, 1.807) is 7.11 Å². The minimum Gasteiger partial charge on any atom is -0.493 e. The van der Waals surface area contributed by atoms with Crippen LogP contribution in [-0.4, -0.2) is 31.8 Å². The molecule has 0 bridgehead atoms. The number of rotatable bonds is 5. The Hall–Kier alpha value is -2.26. The van der Waals surface area contributed by atoms with Crippen LogP contribution in [0.15, 0.2) is 18.2 Å². The molecule has 146 valence electrons. The lowest BCUT2D eigenvalue weighted by molar-refractivity contribution is -0.149. The Bertz CT molecular complexity index is 738. The van der Waals surface area contributed by atoms with E-state index in [0.717, 1.165) is 18.4 Å².